The van der Waals surface area contributed by atoms with Crippen LogP contribution in [0.1, 0.15) is 27.7 Å². The molecule has 0 unspecified atom stereocenters. The van der Waals surface area contributed by atoms with Crippen LogP contribution in [0.3, 0.4) is 0 Å². The van der Waals surface area contributed by atoms with Gasteiger partial charge in [-0.25, -0.2) is 0 Å². The first kappa shape index (κ1) is 13.6. The van der Waals surface area contributed by atoms with Crippen LogP contribution >= 0.6 is 0 Å². The molecule has 0 saturated carbocycles. The van der Waals surface area contributed by atoms with Crippen LogP contribution in [0, 0.1) is 5.92 Å². The predicted octanol–water partition coefficient (Wildman–Crippen LogP) is 2.54. The lowest BCUT2D eigenvalue weighted by molar-refractivity contribution is 0.399. The monoisotopic (exact) mass is 237 g/mol. The van der Waals surface area contributed by atoms with Crippen LogP contribution in [0.25, 0.3) is 0 Å². The molecule has 0 amide bonds. The lowest BCUT2D eigenvalue weighted by Gasteiger charge is -2.29. The first-order valence-corrected chi connectivity index (χ1v) is 6.02. The van der Waals surface area contributed by atoms with E-state index < -0.39 is 0 Å². The molecule has 0 aliphatic carbocycles. The van der Waals surface area contributed by atoms with Crippen LogP contribution in [0.4, 0.5) is 11.5 Å². The van der Waals surface area contributed by atoms with Gasteiger partial charge in [0, 0.05) is 12.6 Å². The molecule has 2 N–H and O–H groups in total. The van der Waals surface area contributed by atoms with Crippen molar-refractivity contribution in [2.24, 2.45) is 5.92 Å². The highest BCUT2D eigenvalue weighted by Crippen LogP contribution is 2.24. The molecule has 96 valence electrons. The number of aromatic nitrogens is 1. The Balaban J connectivity index is 3.01. The molecule has 1 heterocycles. The molecule has 17 heavy (non-hydrogen) atoms. The molecule has 0 atom stereocenters. The van der Waals surface area contributed by atoms with E-state index in [1.165, 1.54) is 0 Å². The molecule has 1 rings (SSSR count). The first-order chi connectivity index (χ1) is 7.95. The van der Waals surface area contributed by atoms with E-state index in [0.29, 0.717) is 23.5 Å². The first-order valence-electron chi connectivity index (χ1n) is 6.02. The van der Waals surface area contributed by atoms with Gasteiger partial charge in [0.2, 0.25) is 5.88 Å². The average molecular weight is 237 g/mol. The maximum Gasteiger partial charge on any atom is 0.238 e. The molecule has 4 heteroatoms. The predicted molar refractivity (Wildman–Crippen MR) is 72.5 cm³/mol. The van der Waals surface area contributed by atoms with Gasteiger partial charge in [0.05, 0.1) is 12.8 Å². The van der Waals surface area contributed by atoms with Crippen LogP contribution in [0.2, 0.25) is 0 Å². The fraction of sp³-hybridized carbons (Fsp3) is 0.615. The third kappa shape index (κ3) is 3.51. The molecule has 4 nitrogen and oxygen atoms in total. The second kappa shape index (κ2) is 5.75. The summed E-state index contributed by atoms with van der Waals surface area (Å²) >= 11 is 0. The van der Waals surface area contributed by atoms with E-state index in [2.05, 4.69) is 37.6 Å². The molecule has 0 saturated heterocycles. The Kier molecular flexibility index (Phi) is 4.61. The van der Waals surface area contributed by atoms with Gasteiger partial charge in [0.15, 0.2) is 0 Å². The summed E-state index contributed by atoms with van der Waals surface area (Å²) in [5.41, 5.74) is 6.35. The van der Waals surface area contributed by atoms with Crippen molar-refractivity contribution in [3.8, 4) is 5.88 Å². The summed E-state index contributed by atoms with van der Waals surface area (Å²) in [6, 6.07) is 4.19. The molecule has 0 aliphatic rings. The molecule has 0 aliphatic heterocycles. The largest absolute Gasteiger partial charge is 0.479 e. The van der Waals surface area contributed by atoms with E-state index in [4.69, 9.17) is 10.5 Å². The zero-order valence-electron chi connectivity index (χ0n) is 11.4. The van der Waals surface area contributed by atoms with Crippen LogP contribution in [0.15, 0.2) is 12.1 Å². The molecule has 0 bridgehead atoms. The molecular formula is C13H23N3O. The van der Waals surface area contributed by atoms with Gasteiger partial charge in [-0.05, 0) is 31.9 Å². The minimum absolute atomic E-state index is 0.401. The summed E-state index contributed by atoms with van der Waals surface area (Å²) < 4.78 is 5.16. The van der Waals surface area contributed by atoms with Crippen molar-refractivity contribution in [2.45, 2.75) is 33.7 Å². The number of nitrogen functional groups attached to an aromatic ring is 1. The van der Waals surface area contributed by atoms with Gasteiger partial charge < -0.3 is 15.4 Å². The molecule has 1 aromatic rings. The Labute approximate surface area is 104 Å². The number of ether oxygens (including phenoxy) is 1. The Morgan fingerprint density at radius 3 is 2.41 bits per heavy atom. The van der Waals surface area contributed by atoms with Gasteiger partial charge in [0.1, 0.15) is 5.82 Å². The van der Waals surface area contributed by atoms with E-state index in [0.717, 1.165) is 12.4 Å². The number of rotatable bonds is 5. The maximum absolute atomic E-state index is 5.77. The van der Waals surface area contributed by atoms with Gasteiger partial charge >= 0.3 is 0 Å². The molecule has 0 spiro atoms. The fourth-order valence-electron chi connectivity index (χ4n) is 1.73. The van der Waals surface area contributed by atoms with Gasteiger partial charge in [-0.15, -0.1) is 0 Å². The highest BCUT2D eigenvalue weighted by molar-refractivity contribution is 5.54. The van der Waals surface area contributed by atoms with E-state index >= 15 is 0 Å². The molecule has 0 aromatic carbocycles. The Morgan fingerprint density at radius 1 is 1.29 bits per heavy atom. The fourth-order valence-corrected chi connectivity index (χ4v) is 1.73. The lowest BCUT2D eigenvalue weighted by Crippen LogP contribution is -2.34. The second-order valence-electron chi connectivity index (χ2n) is 4.91. The lowest BCUT2D eigenvalue weighted by atomic mass is 10.2. The van der Waals surface area contributed by atoms with Gasteiger partial charge in [-0.2, -0.15) is 4.98 Å². The van der Waals surface area contributed by atoms with Crippen molar-refractivity contribution >= 4 is 11.5 Å². The third-order valence-corrected chi connectivity index (χ3v) is 2.55. The van der Waals surface area contributed by atoms with Gasteiger partial charge in [-0.1, -0.05) is 13.8 Å². The number of pyridine rings is 1. The summed E-state index contributed by atoms with van der Waals surface area (Å²) in [5.74, 6) is 2.00. The standard InChI is InChI=1S/C13H23N3O/c1-9(2)8-16(10(3)4)12-7-6-11(14)13(15-12)17-5/h6-7,9-10H,8,14H2,1-5H3. The zero-order valence-corrected chi connectivity index (χ0v) is 11.4. The Morgan fingerprint density at radius 2 is 1.94 bits per heavy atom. The van der Waals surface area contributed by atoms with Crippen molar-refractivity contribution in [2.75, 3.05) is 24.3 Å². The van der Waals surface area contributed by atoms with Crippen LogP contribution in [0.5, 0.6) is 5.88 Å². The van der Waals surface area contributed by atoms with Crippen LogP contribution in [-0.4, -0.2) is 24.7 Å². The summed E-state index contributed by atoms with van der Waals surface area (Å²) in [7, 11) is 1.59. The van der Waals surface area contributed by atoms with E-state index in [-0.39, 0.29) is 0 Å². The number of hydrogen-bond acceptors (Lipinski definition) is 4. The summed E-state index contributed by atoms with van der Waals surface area (Å²) in [4.78, 5) is 6.70. The topological polar surface area (TPSA) is 51.4 Å². The summed E-state index contributed by atoms with van der Waals surface area (Å²) in [6.45, 7) is 9.69. The molecule has 1 aromatic heterocycles. The molecule has 0 radical (unpaired) electrons. The highest BCUT2D eigenvalue weighted by Gasteiger charge is 2.15. The Bertz CT molecular complexity index is 364. The average Bonchev–Trinajstić information content (AvgIpc) is 2.26. The van der Waals surface area contributed by atoms with Crippen molar-refractivity contribution in [1.29, 1.82) is 0 Å². The quantitative estimate of drug-likeness (QED) is 0.855. The molecule has 0 fully saturated rings. The van der Waals surface area contributed by atoms with Gasteiger partial charge in [0.25, 0.3) is 0 Å². The number of methoxy groups -OCH3 is 1. The number of nitrogens with two attached hydrogens (primary N) is 1. The van der Waals surface area contributed by atoms with Crippen molar-refractivity contribution in [3.05, 3.63) is 12.1 Å². The summed E-state index contributed by atoms with van der Waals surface area (Å²) in [6.07, 6.45) is 0. The second-order valence-corrected chi connectivity index (χ2v) is 4.91. The van der Waals surface area contributed by atoms with Gasteiger partial charge in [-0.3, -0.25) is 0 Å². The van der Waals surface area contributed by atoms with Crippen LogP contribution < -0.4 is 15.4 Å². The van der Waals surface area contributed by atoms with E-state index in [1.54, 1.807) is 7.11 Å². The van der Waals surface area contributed by atoms with Crippen molar-refractivity contribution in [3.63, 3.8) is 0 Å². The Hall–Kier alpha value is -1.45. The van der Waals surface area contributed by atoms with Crippen LogP contribution in [-0.2, 0) is 0 Å². The minimum Gasteiger partial charge on any atom is -0.479 e. The maximum atomic E-state index is 5.77. The molecular weight excluding hydrogens is 214 g/mol. The number of anilines is 2. The smallest absolute Gasteiger partial charge is 0.238 e. The summed E-state index contributed by atoms with van der Waals surface area (Å²) in [5, 5.41) is 0. The normalized spacial score (nSPS) is 11.0. The van der Waals surface area contributed by atoms with E-state index in [9.17, 15) is 0 Å². The highest BCUT2D eigenvalue weighted by atomic mass is 16.5. The number of nitrogens with zero attached hydrogens (tertiary/aromatic N) is 2. The number of hydrogen-bond donors (Lipinski definition) is 1. The van der Waals surface area contributed by atoms with Crippen molar-refractivity contribution in [1.82, 2.24) is 4.98 Å². The van der Waals surface area contributed by atoms with Crippen molar-refractivity contribution < 1.29 is 4.74 Å². The minimum atomic E-state index is 0.401. The third-order valence-electron chi connectivity index (χ3n) is 2.55. The zero-order chi connectivity index (χ0) is 13.0. The van der Waals surface area contributed by atoms with E-state index in [1.807, 2.05) is 12.1 Å². The SMILES string of the molecule is COc1nc(N(CC(C)C)C(C)C)ccc1N.